The highest BCUT2D eigenvalue weighted by molar-refractivity contribution is 6.66. The van der Waals surface area contributed by atoms with E-state index in [0.29, 0.717) is 37.2 Å². The number of carbonyl (C=O) groups excluding carboxylic acids is 2. The number of rotatable bonds is 6. The number of carbonyl (C=O) groups is 2. The maximum atomic E-state index is 12.6. The summed E-state index contributed by atoms with van der Waals surface area (Å²) < 4.78 is 0. The first-order valence-electron chi connectivity index (χ1n) is 8.41. The molecule has 2 rings (SSSR count). The molecule has 1 aromatic rings. The molecular formula is C18H24N4O4. The van der Waals surface area contributed by atoms with Crippen LogP contribution in [0.15, 0.2) is 40.6 Å². The van der Waals surface area contributed by atoms with Gasteiger partial charge in [-0.3, -0.25) is 9.59 Å². The predicted octanol–water partition coefficient (Wildman–Crippen LogP) is 1.43. The number of piperidine rings is 1. The first kappa shape index (κ1) is 19.4. The lowest BCUT2D eigenvalue weighted by Gasteiger charge is -2.32. The Hall–Kier alpha value is -2.90. The van der Waals surface area contributed by atoms with Crippen molar-refractivity contribution in [2.24, 2.45) is 10.3 Å². The molecule has 8 heteroatoms. The average molecular weight is 360 g/mol. The van der Waals surface area contributed by atoms with Crippen molar-refractivity contribution < 1.29 is 19.3 Å². The van der Waals surface area contributed by atoms with Crippen molar-refractivity contribution in [2.75, 3.05) is 27.3 Å². The Morgan fingerprint density at radius 3 is 2.27 bits per heavy atom. The molecule has 0 aliphatic carbocycles. The number of likely N-dealkylation sites (tertiary alicyclic amines) is 1. The van der Waals surface area contributed by atoms with Crippen LogP contribution in [0.5, 0.6) is 0 Å². The number of nitrogens with one attached hydrogen (secondary N) is 1. The van der Waals surface area contributed by atoms with Gasteiger partial charge >= 0.3 is 0 Å². The molecule has 0 unspecified atom stereocenters. The van der Waals surface area contributed by atoms with Crippen molar-refractivity contribution in [1.82, 2.24) is 10.2 Å². The molecule has 1 aromatic carbocycles. The second kappa shape index (κ2) is 9.55. The summed E-state index contributed by atoms with van der Waals surface area (Å²) in [5.74, 6) is -0.363. The minimum atomic E-state index is -0.266. The van der Waals surface area contributed by atoms with Gasteiger partial charge in [-0.05, 0) is 31.9 Å². The van der Waals surface area contributed by atoms with Gasteiger partial charge in [-0.15, -0.1) is 0 Å². The minimum absolute atomic E-state index is 0.0308. The lowest BCUT2D eigenvalue weighted by Crippen LogP contribution is -2.49. The van der Waals surface area contributed by atoms with E-state index in [1.54, 1.807) is 24.0 Å². The number of benzene rings is 1. The smallest absolute Gasteiger partial charge is 0.277 e. The van der Waals surface area contributed by atoms with Crippen LogP contribution in [-0.2, 0) is 14.5 Å². The molecular weight excluding hydrogens is 336 g/mol. The van der Waals surface area contributed by atoms with Crippen molar-refractivity contribution in [1.29, 1.82) is 0 Å². The molecule has 0 aromatic heterocycles. The van der Waals surface area contributed by atoms with Gasteiger partial charge in [0.2, 0.25) is 0 Å². The van der Waals surface area contributed by atoms with Gasteiger partial charge in [0.05, 0.1) is 0 Å². The Bertz CT molecular complexity index is 680. The maximum Gasteiger partial charge on any atom is 0.277 e. The van der Waals surface area contributed by atoms with Crippen LogP contribution in [0.1, 0.15) is 30.1 Å². The second-order valence-electron chi connectivity index (χ2n) is 5.89. The Labute approximate surface area is 152 Å². The van der Waals surface area contributed by atoms with Crippen molar-refractivity contribution in [3.05, 3.63) is 35.9 Å². The minimum Gasteiger partial charge on any atom is -0.399 e. The standard InChI is InChI=1S/C18H24N4O4/c1-13(20-25-2)16(21-26-3)18(24)22-11-9-15(10-12-22)19-17(23)14-7-5-4-6-8-14/h4-8,15H,9-12H2,1-3H3,(H,19,23)/b20-13+,21-16+. The van der Waals surface area contributed by atoms with E-state index in [1.165, 1.54) is 14.2 Å². The van der Waals surface area contributed by atoms with Crippen LogP contribution in [0, 0.1) is 0 Å². The Balaban J connectivity index is 1.92. The van der Waals surface area contributed by atoms with E-state index in [0.717, 1.165) is 0 Å². The Morgan fingerprint density at radius 2 is 1.69 bits per heavy atom. The molecule has 1 saturated heterocycles. The largest absolute Gasteiger partial charge is 0.399 e. The van der Waals surface area contributed by atoms with E-state index < -0.39 is 0 Å². The third-order valence-corrected chi connectivity index (χ3v) is 4.11. The monoisotopic (exact) mass is 360 g/mol. The van der Waals surface area contributed by atoms with Gasteiger partial charge in [0.1, 0.15) is 19.9 Å². The second-order valence-corrected chi connectivity index (χ2v) is 5.89. The summed E-state index contributed by atoms with van der Waals surface area (Å²) in [4.78, 5) is 36.0. The average Bonchev–Trinajstić information content (AvgIpc) is 2.67. The van der Waals surface area contributed by atoms with Crippen LogP contribution in [0.2, 0.25) is 0 Å². The van der Waals surface area contributed by atoms with Crippen molar-refractivity contribution in [3.8, 4) is 0 Å². The van der Waals surface area contributed by atoms with Gasteiger partial charge in [-0.2, -0.15) is 0 Å². The molecule has 1 aliphatic rings. The zero-order chi connectivity index (χ0) is 18.9. The van der Waals surface area contributed by atoms with E-state index in [9.17, 15) is 9.59 Å². The van der Waals surface area contributed by atoms with Crippen molar-refractivity contribution in [2.45, 2.75) is 25.8 Å². The van der Waals surface area contributed by atoms with Gasteiger partial charge in [-0.25, -0.2) is 0 Å². The number of amides is 2. The third kappa shape index (κ3) is 5.05. The van der Waals surface area contributed by atoms with Gasteiger partial charge in [-0.1, -0.05) is 28.5 Å². The van der Waals surface area contributed by atoms with E-state index in [1.807, 2.05) is 18.2 Å². The van der Waals surface area contributed by atoms with Crippen LogP contribution in [-0.4, -0.2) is 61.5 Å². The molecule has 1 heterocycles. The normalized spacial score (nSPS) is 16.2. The van der Waals surface area contributed by atoms with Crippen LogP contribution in [0.4, 0.5) is 0 Å². The van der Waals surface area contributed by atoms with E-state index in [-0.39, 0.29) is 23.6 Å². The highest BCUT2D eigenvalue weighted by Crippen LogP contribution is 2.12. The molecule has 26 heavy (non-hydrogen) atoms. The zero-order valence-electron chi connectivity index (χ0n) is 15.3. The van der Waals surface area contributed by atoms with Crippen LogP contribution >= 0.6 is 0 Å². The van der Waals surface area contributed by atoms with Crippen LogP contribution in [0.3, 0.4) is 0 Å². The molecule has 140 valence electrons. The lowest BCUT2D eigenvalue weighted by molar-refractivity contribution is -0.125. The molecule has 0 saturated carbocycles. The summed E-state index contributed by atoms with van der Waals surface area (Å²) in [5, 5.41) is 10.5. The van der Waals surface area contributed by atoms with Gasteiger partial charge in [0.25, 0.3) is 11.8 Å². The van der Waals surface area contributed by atoms with Crippen molar-refractivity contribution >= 4 is 23.2 Å². The fraction of sp³-hybridized carbons (Fsp3) is 0.444. The summed E-state index contributed by atoms with van der Waals surface area (Å²) in [6.45, 7) is 2.66. The molecule has 0 spiro atoms. The van der Waals surface area contributed by atoms with Gasteiger partial charge < -0.3 is 19.9 Å². The molecule has 1 N–H and O–H groups in total. The van der Waals surface area contributed by atoms with Crippen LogP contribution < -0.4 is 5.32 Å². The SMILES string of the molecule is CO/N=C(C)/C(=N\OC)C(=O)N1CCC(NC(=O)c2ccccc2)CC1. The molecule has 0 bridgehead atoms. The highest BCUT2D eigenvalue weighted by atomic mass is 16.6. The summed E-state index contributed by atoms with van der Waals surface area (Å²) in [6.07, 6.45) is 1.34. The lowest BCUT2D eigenvalue weighted by atomic mass is 10.0. The molecule has 2 amide bonds. The maximum absolute atomic E-state index is 12.6. The first-order valence-corrected chi connectivity index (χ1v) is 8.41. The van der Waals surface area contributed by atoms with E-state index in [2.05, 4.69) is 15.6 Å². The molecule has 8 nitrogen and oxygen atoms in total. The third-order valence-electron chi connectivity index (χ3n) is 4.11. The van der Waals surface area contributed by atoms with Gasteiger partial charge in [0, 0.05) is 24.7 Å². The number of oxime groups is 2. The molecule has 0 atom stereocenters. The van der Waals surface area contributed by atoms with Crippen molar-refractivity contribution in [3.63, 3.8) is 0 Å². The van der Waals surface area contributed by atoms with E-state index >= 15 is 0 Å². The van der Waals surface area contributed by atoms with E-state index in [4.69, 9.17) is 9.68 Å². The quantitative estimate of drug-likeness (QED) is 0.614. The van der Waals surface area contributed by atoms with Gasteiger partial charge in [0.15, 0.2) is 5.71 Å². The fourth-order valence-corrected chi connectivity index (χ4v) is 2.77. The summed E-state index contributed by atoms with van der Waals surface area (Å²) in [7, 11) is 2.78. The number of hydrogen-bond donors (Lipinski definition) is 1. The fourth-order valence-electron chi connectivity index (χ4n) is 2.77. The zero-order valence-corrected chi connectivity index (χ0v) is 15.3. The summed E-state index contributed by atoms with van der Waals surface area (Å²) in [5.41, 5.74) is 1.09. The topological polar surface area (TPSA) is 92.6 Å². The molecule has 1 fully saturated rings. The summed E-state index contributed by atoms with van der Waals surface area (Å²) in [6, 6.07) is 9.12. The molecule has 1 aliphatic heterocycles. The Morgan fingerprint density at radius 1 is 1.08 bits per heavy atom. The Kier molecular flexibility index (Phi) is 7.13. The predicted molar refractivity (Wildman–Crippen MR) is 98.1 cm³/mol. The number of nitrogens with zero attached hydrogens (tertiary/aromatic N) is 3. The number of hydrogen-bond acceptors (Lipinski definition) is 6. The van der Waals surface area contributed by atoms with Crippen LogP contribution in [0.25, 0.3) is 0 Å². The summed E-state index contributed by atoms with van der Waals surface area (Å²) >= 11 is 0. The first-order chi connectivity index (χ1) is 12.6. The highest BCUT2D eigenvalue weighted by Gasteiger charge is 2.28. The molecule has 0 radical (unpaired) electrons.